The number of aliphatic hydroxyl groups is 1. The van der Waals surface area contributed by atoms with Crippen molar-refractivity contribution in [3.05, 3.63) is 101 Å². The van der Waals surface area contributed by atoms with Crippen molar-refractivity contribution in [1.82, 2.24) is 14.5 Å². The average molecular weight is 513 g/mol. The van der Waals surface area contributed by atoms with Gasteiger partial charge in [0.2, 0.25) is 5.91 Å². The Bertz CT molecular complexity index is 1440. The quantitative estimate of drug-likeness (QED) is 0.325. The molecule has 0 fully saturated rings. The van der Waals surface area contributed by atoms with Crippen molar-refractivity contribution >= 4 is 17.4 Å². The number of hydrogen-bond donors (Lipinski definition) is 2. The van der Waals surface area contributed by atoms with E-state index >= 15 is 0 Å². The molecule has 6 nitrogen and oxygen atoms in total. The summed E-state index contributed by atoms with van der Waals surface area (Å²) < 4.78 is 15.8. The van der Waals surface area contributed by atoms with E-state index in [1.165, 1.54) is 12.1 Å². The minimum Gasteiger partial charge on any atom is -0.387 e. The van der Waals surface area contributed by atoms with Crippen LogP contribution < -0.4 is 5.32 Å². The monoisotopic (exact) mass is 512 g/mol. The molecule has 1 amide bonds. The standard InChI is InChI=1S/C31H33FN4O2/c1-20-5-9-23(10-6-20)28(37)31(3,4)30(38)35-17-18-36-26(19-35)34-27(22-11-13-24(32)14-12-22)29(36)33-25-15-7-21(2)8-16-25/h5-16,28,33,37H,17-19H2,1-4H3. The van der Waals surface area contributed by atoms with E-state index in [9.17, 15) is 14.3 Å². The number of carbonyl (C=O) groups excluding carboxylic acids is 1. The third kappa shape index (κ3) is 4.94. The van der Waals surface area contributed by atoms with Gasteiger partial charge in [-0.25, -0.2) is 9.37 Å². The van der Waals surface area contributed by atoms with Crippen LogP contribution in [0.25, 0.3) is 11.3 Å². The number of hydrogen-bond acceptors (Lipinski definition) is 4. The van der Waals surface area contributed by atoms with E-state index in [2.05, 4.69) is 9.88 Å². The first-order chi connectivity index (χ1) is 18.1. The van der Waals surface area contributed by atoms with Gasteiger partial charge in [-0.15, -0.1) is 0 Å². The van der Waals surface area contributed by atoms with Gasteiger partial charge < -0.3 is 19.9 Å². The van der Waals surface area contributed by atoms with Crippen molar-refractivity contribution in [3.63, 3.8) is 0 Å². The number of aryl methyl sites for hydroxylation is 2. The molecular weight excluding hydrogens is 479 g/mol. The Hall–Kier alpha value is -3.97. The number of aromatic nitrogens is 2. The number of amides is 1. The van der Waals surface area contributed by atoms with Crippen molar-refractivity contribution < 1.29 is 14.3 Å². The number of carbonyl (C=O) groups is 1. The van der Waals surface area contributed by atoms with Gasteiger partial charge in [0, 0.05) is 24.3 Å². The summed E-state index contributed by atoms with van der Waals surface area (Å²) in [5, 5.41) is 14.6. The van der Waals surface area contributed by atoms with Crippen LogP contribution in [0.4, 0.5) is 15.9 Å². The fourth-order valence-corrected chi connectivity index (χ4v) is 4.90. The molecule has 1 atom stereocenters. The van der Waals surface area contributed by atoms with Gasteiger partial charge in [-0.2, -0.15) is 0 Å². The van der Waals surface area contributed by atoms with Gasteiger partial charge in [-0.05, 0) is 69.7 Å². The molecule has 38 heavy (non-hydrogen) atoms. The molecule has 4 aromatic rings. The normalized spacial score (nSPS) is 14.2. The van der Waals surface area contributed by atoms with Crippen molar-refractivity contribution in [2.24, 2.45) is 5.41 Å². The molecule has 5 rings (SSSR count). The van der Waals surface area contributed by atoms with Crippen LogP contribution in [0.1, 0.15) is 42.5 Å². The number of aliphatic hydroxyl groups excluding tert-OH is 1. The van der Waals surface area contributed by atoms with Crippen molar-refractivity contribution in [2.45, 2.75) is 46.9 Å². The zero-order chi connectivity index (χ0) is 27.0. The first-order valence-electron chi connectivity index (χ1n) is 12.9. The number of anilines is 2. The van der Waals surface area contributed by atoms with Gasteiger partial charge >= 0.3 is 0 Å². The summed E-state index contributed by atoms with van der Waals surface area (Å²) in [6.45, 7) is 8.94. The molecule has 0 saturated heterocycles. The zero-order valence-corrected chi connectivity index (χ0v) is 22.2. The van der Waals surface area contributed by atoms with E-state index < -0.39 is 11.5 Å². The largest absolute Gasteiger partial charge is 0.387 e. The van der Waals surface area contributed by atoms with Crippen LogP contribution in [0, 0.1) is 25.1 Å². The molecule has 196 valence electrons. The summed E-state index contributed by atoms with van der Waals surface area (Å²) in [5.74, 6) is 1.11. The topological polar surface area (TPSA) is 70.4 Å². The van der Waals surface area contributed by atoms with Crippen LogP contribution in [-0.4, -0.2) is 32.0 Å². The van der Waals surface area contributed by atoms with Gasteiger partial charge in [0.05, 0.1) is 18.1 Å². The number of nitrogens with one attached hydrogen (secondary N) is 1. The lowest BCUT2D eigenvalue weighted by Crippen LogP contribution is -2.47. The highest BCUT2D eigenvalue weighted by Gasteiger charge is 2.41. The predicted molar refractivity (Wildman–Crippen MR) is 147 cm³/mol. The highest BCUT2D eigenvalue weighted by molar-refractivity contribution is 5.83. The maximum absolute atomic E-state index is 13.7. The minimum atomic E-state index is -1.02. The van der Waals surface area contributed by atoms with Gasteiger partial charge in [-0.3, -0.25) is 4.79 Å². The minimum absolute atomic E-state index is 0.129. The maximum Gasteiger partial charge on any atom is 0.231 e. The summed E-state index contributed by atoms with van der Waals surface area (Å²) >= 11 is 0. The lowest BCUT2D eigenvalue weighted by Gasteiger charge is -2.37. The molecule has 7 heteroatoms. The van der Waals surface area contributed by atoms with Crippen molar-refractivity contribution in [3.8, 4) is 11.3 Å². The second-order valence-electron chi connectivity index (χ2n) is 10.6. The number of halogens is 1. The van der Waals surface area contributed by atoms with E-state index in [0.29, 0.717) is 25.3 Å². The number of rotatable bonds is 6. The Labute approximate surface area is 222 Å². The van der Waals surface area contributed by atoms with Gasteiger partial charge in [0.25, 0.3) is 0 Å². The van der Waals surface area contributed by atoms with Crippen LogP contribution in [0.15, 0.2) is 72.8 Å². The SMILES string of the molecule is Cc1ccc(Nc2c(-c3ccc(F)cc3)nc3n2CCN(C(=O)C(C)(C)C(O)c2ccc(C)cc2)C3)cc1. The molecule has 2 heterocycles. The molecule has 3 aromatic carbocycles. The van der Waals surface area contributed by atoms with E-state index in [0.717, 1.165) is 39.6 Å². The van der Waals surface area contributed by atoms with Crippen LogP contribution in [0.3, 0.4) is 0 Å². The number of nitrogens with zero attached hydrogens (tertiary/aromatic N) is 3. The van der Waals surface area contributed by atoms with Gasteiger partial charge in [0.1, 0.15) is 23.2 Å². The second-order valence-corrected chi connectivity index (χ2v) is 10.6. The average Bonchev–Trinajstić information content (AvgIpc) is 3.27. The van der Waals surface area contributed by atoms with E-state index in [1.807, 2.05) is 62.4 Å². The predicted octanol–water partition coefficient (Wildman–Crippen LogP) is 6.15. The molecule has 0 aliphatic carbocycles. The molecule has 1 aromatic heterocycles. The molecule has 0 radical (unpaired) electrons. The Kier molecular flexibility index (Phi) is 6.80. The summed E-state index contributed by atoms with van der Waals surface area (Å²) in [7, 11) is 0. The first kappa shape index (κ1) is 25.7. The van der Waals surface area contributed by atoms with E-state index in [1.54, 1.807) is 30.9 Å². The van der Waals surface area contributed by atoms with E-state index in [-0.39, 0.29) is 11.7 Å². The van der Waals surface area contributed by atoms with Gasteiger partial charge in [-0.1, -0.05) is 47.5 Å². The number of fused-ring (bicyclic) bond motifs is 1. The molecule has 1 unspecified atom stereocenters. The Morgan fingerprint density at radius 2 is 1.55 bits per heavy atom. The van der Waals surface area contributed by atoms with Crippen LogP contribution in [0.2, 0.25) is 0 Å². The summed E-state index contributed by atoms with van der Waals surface area (Å²) in [6, 6.07) is 22.0. The first-order valence-corrected chi connectivity index (χ1v) is 12.9. The summed E-state index contributed by atoms with van der Waals surface area (Å²) in [4.78, 5) is 20.4. The third-order valence-electron chi connectivity index (χ3n) is 7.32. The van der Waals surface area contributed by atoms with Gasteiger partial charge in [0.15, 0.2) is 0 Å². The smallest absolute Gasteiger partial charge is 0.231 e. The molecule has 2 N–H and O–H groups in total. The number of benzene rings is 3. The van der Waals surface area contributed by atoms with Crippen LogP contribution in [-0.2, 0) is 17.9 Å². The second kappa shape index (κ2) is 10.1. The third-order valence-corrected chi connectivity index (χ3v) is 7.32. The molecular formula is C31H33FN4O2. The van der Waals surface area contributed by atoms with Crippen molar-refractivity contribution in [1.29, 1.82) is 0 Å². The highest BCUT2D eigenvalue weighted by atomic mass is 19.1. The Morgan fingerprint density at radius 3 is 2.18 bits per heavy atom. The molecule has 0 bridgehead atoms. The molecule has 1 aliphatic rings. The number of imidazole rings is 1. The fraction of sp³-hybridized carbons (Fsp3) is 0.290. The lowest BCUT2D eigenvalue weighted by atomic mass is 9.81. The molecule has 0 spiro atoms. The highest BCUT2D eigenvalue weighted by Crippen LogP contribution is 2.38. The summed E-state index contributed by atoms with van der Waals surface area (Å²) in [6.07, 6.45) is -0.939. The fourth-order valence-electron chi connectivity index (χ4n) is 4.90. The molecule has 0 saturated carbocycles. The maximum atomic E-state index is 13.7. The molecule has 1 aliphatic heterocycles. The Balaban J connectivity index is 1.45. The summed E-state index contributed by atoms with van der Waals surface area (Å²) in [5.41, 5.74) is 4.37. The van der Waals surface area contributed by atoms with E-state index in [4.69, 9.17) is 4.98 Å². The zero-order valence-electron chi connectivity index (χ0n) is 22.2. The lowest BCUT2D eigenvalue weighted by molar-refractivity contribution is -0.148. The Morgan fingerprint density at radius 1 is 0.947 bits per heavy atom. The van der Waals surface area contributed by atoms with Crippen molar-refractivity contribution in [2.75, 3.05) is 11.9 Å². The van der Waals surface area contributed by atoms with Crippen LogP contribution in [0.5, 0.6) is 0 Å². The van der Waals surface area contributed by atoms with Crippen LogP contribution >= 0.6 is 0 Å².